The standard InChI is InChI=1S/C14H20N4O/c1-9(14(19)16-4)8-18(5)13-6-10(2)17-11(3)12(13)7-15/h6,9H,8H2,1-5H3,(H,16,19). The molecule has 1 aromatic heterocycles. The highest BCUT2D eigenvalue weighted by molar-refractivity contribution is 5.78. The summed E-state index contributed by atoms with van der Waals surface area (Å²) >= 11 is 0. The second kappa shape index (κ2) is 6.19. The Kier molecular flexibility index (Phi) is 4.87. The van der Waals surface area contributed by atoms with Crippen molar-refractivity contribution >= 4 is 11.6 Å². The van der Waals surface area contributed by atoms with Gasteiger partial charge in [0, 0.05) is 26.3 Å². The van der Waals surface area contributed by atoms with E-state index in [-0.39, 0.29) is 11.8 Å². The lowest BCUT2D eigenvalue weighted by molar-refractivity contribution is -0.123. The summed E-state index contributed by atoms with van der Waals surface area (Å²) in [5, 5.41) is 11.9. The van der Waals surface area contributed by atoms with E-state index in [4.69, 9.17) is 0 Å². The van der Waals surface area contributed by atoms with E-state index in [2.05, 4.69) is 16.4 Å². The first-order valence-corrected chi connectivity index (χ1v) is 6.21. The van der Waals surface area contributed by atoms with Crippen molar-refractivity contribution in [2.24, 2.45) is 5.92 Å². The van der Waals surface area contributed by atoms with E-state index >= 15 is 0 Å². The lowest BCUT2D eigenvalue weighted by Crippen LogP contribution is -2.34. The first kappa shape index (κ1) is 15.0. The average molecular weight is 260 g/mol. The van der Waals surface area contributed by atoms with Crippen LogP contribution < -0.4 is 10.2 Å². The molecule has 1 atom stereocenters. The molecule has 5 heteroatoms. The molecule has 1 heterocycles. The van der Waals surface area contributed by atoms with Gasteiger partial charge in [0.1, 0.15) is 6.07 Å². The molecule has 1 amide bonds. The molecular formula is C14H20N4O. The van der Waals surface area contributed by atoms with Crippen molar-refractivity contribution in [1.29, 1.82) is 5.26 Å². The third-order valence-electron chi connectivity index (χ3n) is 3.07. The van der Waals surface area contributed by atoms with Gasteiger partial charge in [-0.2, -0.15) is 5.26 Å². The van der Waals surface area contributed by atoms with Gasteiger partial charge >= 0.3 is 0 Å². The number of nitrogens with one attached hydrogen (secondary N) is 1. The molecular weight excluding hydrogens is 240 g/mol. The van der Waals surface area contributed by atoms with E-state index < -0.39 is 0 Å². The van der Waals surface area contributed by atoms with Crippen molar-refractivity contribution in [3.63, 3.8) is 0 Å². The van der Waals surface area contributed by atoms with Crippen LogP contribution in [0.25, 0.3) is 0 Å². The molecule has 1 rings (SSSR count). The van der Waals surface area contributed by atoms with Gasteiger partial charge in [0.15, 0.2) is 0 Å². The SMILES string of the molecule is CNC(=O)C(C)CN(C)c1cc(C)nc(C)c1C#N. The molecule has 0 fully saturated rings. The van der Waals surface area contributed by atoms with Crippen molar-refractivity contribution in [3.05, 3.63) is 23.0 Å². The number of carbonyl (C=O) groups is 1. The summed E-state index contributed by atoms with van der Waals surface area (Å²) in [5.41, 5.74) is 2.98. The van der Waals surface area contributed by atoms with Crippen molar-refractivity contribution in [1.82, 2.24) is 10.3 Å². The molecule has 0 aliphatic carbocycles. The predicted molar refractivity (Wildman–Crippen MR) is 74.9 cm³/mol. The highest BCUT2D eigenvalue weighted by Gasteiger charge is 2.17. The fourth-order valence-corrected chi connectivity index (χ4v) is 2.09. The number of hydrogen-bond acceptors (Lipinski definition) is 4. The number of carbonyl (C=O) groups excluding carboxylic acids is 1. The van der Waals surface area contributed by atoms with Gasteiger partial charge < -0.3 is 10.2 Å². The molecule has 0 radical (unpaired) electrons. The number of nitriles is 1. The maximum Gasteiger partial charge on any atom is 0.224 e. The number of aromatic nitrogens is 1. The van der Waals surface area contributed by atoms with E-state index in [0.717, 1.165) is 17.1 Å². The zero-order valence-corrected chi connectivity index (χ0v) is 12.1. The van der Waals surface area contributed by atoms with Crippen LogP contribution in [0.5, 0.6) is 0 Å². The molecule has 0 saturated heterocycles. The largest absolute Gasteiger partial charge is 0.373 e. The fourth-order valence-electron chi connectivity index (χ4n) is 2.09. The van der Waals surface area contributed by atoms with Gasteiger partial charge in [0.2, 0.25) is 5.91 Å². The summed E-state index contributed by atoms with van der Waals surface area (Å²) in [4.78, 5) is 17.8. The molecule has 1 N–H and O–H groups in total. The zero-order valence-electron chi connectivity index (χ0n) is 12.1. The van der Waals surface area contributed by atoms with Gasteiger partial charge in [-0.15, -0.1) is 0 Å². The summed E-state index contributed by atoms with van der Waals surface area (Å²) in [5.74, 6) is -0.150. The highest BCUT2D eigenvalue weighted by Crippen LogP contribution is 2.22. The van der Waals surface area contributed by atoms with E-state index in [1.54, 1.807) is 7.05 Å². The number of amides is 1. The highest BCUT2D eigenvalue weighted by atomic mass is 16.1. The molecule has 0 aliphatic heterocycles. The Hall–Kier alpha value is -2.09. The first-order valence-electron chi connectivity index (χ1n) is 6.21. The van der Waals surface area contributed by atoms with Crippen molar-refractivity contribution in [3.8, 4) is 6.07 Å². The average Bonchev–Trinajstić information content (AvgIpc) is 2.36. The minimum Gasteiger partial charge on any atom is -0.373 e. The topological polar surface area (TPSA) is 69.0 Å². The molecule has 1 aromatic rings. The molecule has 19 heavy (non-hydrogen) atoms. The van der Waals surface area contributed by atoms with Crippen LogP contribution in [0.3, 0.4) is 0 Å². The number of hydrogen-bond donors (Lipinski definition) is 1. The number of aryl methyl sites for hydroxylation is 2. The Morgan fingerprint density at radius 1 is 1.58 bits per heavy atom. The lowest BCUT2D eigenvalue weighted by atomic mass is 10.1. The Bertz CT molecular complexity index is 519. The lowest BCUT2D eigenvalue weighted by Gasteiger charge is -2.24. The van der Waals surface area contributed by atoms with Crippen LogP contribution in [-0.2, 0) is 4.79 Å². The monoisotopic (exact) mass is 260 g/mol. The minimum absolute atomic E-state index is 0.00661. The normalized spacial score (nSPS) is 11.6. The molecule has 0 bridgehead atoms. The van der Waals surface area contributed by atoms with E-state index in [1.165, 1.54) is 0 Å². The molecule has 1 unspecified atom stereocenters. The van der Waals surface area contributed by atoms with Crippen LogP contribution in [-0.4, -0.2) is 31.5 Å². The van der Waals surface area contributed by atoms with Gasteiger partial charge in [-0.3, -0.25) is 9.78 Å². The maximum absolute atomic E-state index is 11.6. The van der Waals surface area contributed by atoms with Crippen LogP contribution in [0, 0.1) is 31.1 Å². The molecule has 5 nitrogen and oxygen atoms in total. The fraction of sp³-hybridized carbons (Fsp3) is 0.500. The zero-order chi connectivity index (χ0) is 14.6. The second-order valence-electron chi connectivity index (χ2n) is 4.75. The van der Waals surface area contributed by atoms with Gasteiger partial charge in [-0.05, 0) is 19.9 Å². The maximum atomic E-state index is 11.6. The summed E-state index contributed by atoms with van der Waals surface area (Å²) in [6.07, 6.45) is 0. The first-order chi connectivity index (χ1) is 8.90. The molecule has 0 aromatic carbocycles. The molecule has 0 aliphatic rings. The Balaban J connectivity index is 3.03. The van der Waals surface area contributed by atoms with Crippen molar-refractivity contribution in [2.45, 2.75) is 20.8 Å². The smallest absolute Gasteiger partial charge is 0.224 e. The summed E-state index contributed by atoms with van der Waals surface area (Å²) in [6, 6.07) is 4.06. The van der Waals surface area contributed by atoms with Gasteiger partial charge in [0.25, 0.3) is 0 Å². The van der Waals surface area contributed by atoms with Crippen LogP contribution in [0.1, 0.15) is 23.9 Å². The molecule has 0 saturated carbocycles. The van der Waals surface area contributed by atoms with Gasteiger partial charge in [-0.25, -0.2) is 0 Å². The van der Waals surface area contributed by atoms with Gasteiger partial charge in [0.05, 0.1) is 22.9 Å². The third kappa shape index (κ3) is 3.44. The van der Waals surface area contributed by atoms with E-state index in [1.807, 2.05) is 38.8 Å². The van der Waals surface area contributed by atoms with E-state index in [9.17, 15) is 10.1 Å². The van der Waals surface area contributed by atoms with Crippen molar-refractivity contribution in [2.75, 3.05) is 25.5 Å². The van der Waals surface area contributed by atoms with Crippen LogP contribution >= 0.6 is 0 Å². The summed E-state index contributed by atoms with van der Waals surface area (Å²) < 4.78 is 0. The van der Waals surface area contributed by atoms with Crippen LogP contribution in [0.2, 0.25) is 0 Å². The van der Waals surface area contributed by atoms with Gasteiger partial charge in [-0.1, -0.05) is 6.92 Å². The van der Waals surface area contributed by atoms with Crippen molar-refractivity contribution < 1.29 is 4.79 Å². The number of rotatable bonds is 4. The quantitative estimate of drug-likeness (QED) is 0.888. The Morgan fingerprint density at radius 3 is 2.74 bits per heavy atom. The van der Waals surface area contributed by atoms with E-state index in [0.29, 0.717) is 12.1 Å². The predicted octanol–water partition coefficient (Wildman–Crippen LogP) is 1.39. The molecule has 0 spiro atoms. The Morgan fingerprint density at radius 2 is 2.21 bits per heavy atom. The number of pyridine rings is 1. The Labute approximate surface area is 114 Å². The number of anilines is 1. The second-order valence-corrected chi connectivity index (χ2v) is 4.75. The minimum atomic E-state index is -0.143. The summed E-state index contributed by atoms with van der Waals surface area (Å²) in [6.45, 7) is 6.14. The molecule has 102 valence electrons. The van der Waals surface area contributed by atoms with Crippen LogP contribution in [0.15, 0.2) is 6.07 Å². The number of nitrogens with zero attached hydrogens (tertiary/aromatic N) is 3. The van der Waals surface area contributed by atoms with Crippen LogP contribution in [0.4, 0.5) is 5.69 Å². The third-order valence-corrected chi connectivity index (χ3v) is 3.07. The summed E-state index contributed by atoms with van der Waals surface area (Å²) in [7, 11) is 3.51.